The topological polar surface area (TPSA) is 98.8 Å². The SMILES string of the molecule is O=S(=O)(NCC(c1ccc(F)cc1)S(=O)(=O)c1cccs1)c1ccc2c(c1)OCCO2. The molecule has 7 nitrogen and oxygen atoms in total. The molecule has 0 bridgehead atoms. The predicted molar refractivity (Wildman–Crippen MR) is 113 cm³/mol. The minimum absolute atomic E-state index is 0.0804. The van der Waals surface area contributed by atoms with Gasteiger partial charge in [0, 0.05) is 12.6 Å². The molecule has 2 aromatic carbocycles. The Hall–Kier alpha value is -2.47. The molecule has 2 heterocycles. The Balaban J connectivity index is 1.63. The van der Waals surface area contributed by atoms with Crippen LogP contribution in [0.1, 0.15) is 10.8 Å². The summed E-state index contributed by atoms with van der Waals surface area (Å²) in [5, 5.41) is 0.382. The fourth-order valence-corrected chi connectivity index (χ4v) is 7.14. The highest BCUT2D eigenvalue weighted by molar-refractivity contribution is 7.93. The van der Waals surface area contributed by atoms with E-state index in [9.17, 15) is 21.2 Å². The van der Waals surface area contributed by atoms with Gasteiger partial charge in [0.1, 0.15) is 28.5 Å². The molecule has 11 heteroatoms. The van der Waals surface area contributed by atoms with Crippen molar-refractivity contribution < 1.29 is 30.7 Å². The molecule has 0 saturated heterocycles. The number of hydrogen-bond acceptors (Lipinski definition) is 7. The minimum atomic E-state index is -4.05. The first-order valence-corrected chi connectivity index (χ1v) is 13.1. The van der Waals surface area contributed by atoms with Gasteiger partial charge in [-0.15, -0.1) is 11.3 Å². The zero-order valence-corrected chi connectivity index (χ0v) is 18.5. The average molecular weight is 484 g/mol. The van der Waals surface area contributed by atoms with Gasteiger partial charge in [-0.3, -0.25) is 0 Å². The molecule has 1 aromatic heterocycles. The summed E-state index contributed by atoms with van der Waals surface area (Å²) >= 11 is 1.03. The summed E-state index contributed by atoms with van der Waals surface area (Å²) in [4.78, 5) is -0.0804. The van der Waals surface area contributed by atoms with Gasteiger partial charge in [0.2, 0.25) is 10.0 Å². The molecule has 0 fully saturated rings. The largest absolute Gasteiger partial charge is 0.486 e. The van der Waals surface area contributed by atoms with Gasteiger partial charge in [-0.25, -0.2) is 25.9 Å². The molecule has 0 saturated carbocycles. The lowest BCUT2D eigenvalue weighted by Gasteiger charge is -2.20. The zero-order valence-electron chi connectivity index (χ0n) is 16.0. The number of nitrogens with one attached hydrogen (secondary N) is 1. The molecule has 1 unspecified atom stereocenters. The summed E-state index contributed by atoms with van der Waals surface area (Å²) < 4.78 is 78.7. The van der Waals surface area contributed by atoms with E-state index in [1.54, 1.807) is 11.4 Å². The van der Waals surface area contributed by atoms with Gasteiger partial charge in [0.05, 0.1) is 4.90 Å². The Labute approximate surface area is 183 Å². The number of rotatable bonds is 7. The maximum absolute atomic E-state index is 13.4. The highest BCUT2D eigenvalue weighted by Gasteiger charge is 2.32. The molecular weight excluding hydrogens is 465 g/mol. The van der Waals surface area contributed by atoms with E-state index in [4.69, 9.17) is 9.47 Å². The standard InChI is InChI=1S/C20H18FNO6S3/c21-15-5-3-14(4-6-15)19(30(23,24)20-2-1-11-29-20)13-22-31(25,26)16-7-8-17-18(12-16)28-10-9-27-17/h1-8,11-12,19,22H,9-10,13H2. The van der Waals surface area contributed by atoms with Crippen LogP contribution in [-0.4, -0.2) is 36.6 Å². The second kappa shape index (κ2) is 8.58. The number of thiophene rings is 1. The van der Waals surface area contributed by atoms with Crippen LogP contribution in [0.15, 0.2) is 69.1 Å². The molecule has 4 rings (SSSR count). The third kappa shape index (κ3) is 4.59. The highest BCUT2D eigenvalue weighted by Crippen LogP contribution is 2.34. The molecule has 1 N–H and O–H groups in total. The van der Waals surface area contributed by atoms with E-state index in [2.05, 4.69) is 4.72 Å². The summed E-state index contributed by atoms with van der Waals surface area (Å²) in [5.74, 6) is 0.220. The van der Waals surface area contributed by atoms with Crippen molar-refractivity contribution in [2.24, 2.45) is 0 Å². The Kier molecular flexibility index (Phi) is 6.02. The number of hydrogen-bond donors (Lipinski definition) is 1. The number of sulfone groups is 1. The zero-order chi connectivity index (χ0) is 22.1. The summed E-state index contributed by atoms with van der Waals surface area (Å²) in [6.45, 7) is 0.246. The van der Waals surface area contributed by atoms with Gasteiger partial charge in [-0.1, -0.05) is 18.2 Å². The first-order valence-electron chi connectivity index (χ1n) is 9.19. The molecule has 0 aliphatic carbocycles. The van der Waals surface area contributed by atoms with E-state index < -0.39 is 37.5 Å². The van der Waals surface area contributed by atoms with Crippen molar-refractivity contribution in [2.45, 2.75) is 14.4 Å². The minimum Gasteiger partial charge on any atom is -0.486 e. The Morgan fingerprint density at radius 2 is 1.68 bits per heavy atom. The van der Waals surface area contributed by atoms with E-state index in [0.717, 1.165) is 23.5 Å². The lowest BCUT2D eigenvalue weighted by Crippen LogP contribution is -2.32. The van der Waals surface area contributed by atoms with E-state index in [1.165, 1.54) is 36.4 Å². The smallest absolute Gasteiger partial charge is 0.240 e. The van der Waals surface area contributed by atoms with Crippen molar-refractivity contribution in [3.8, 4) is 11.5 Å². The van der Waals surface area contributed by atoms with E-state index in [1.807, 2.05) is 0 Å². The fraction of sp³-hybridized carbons (Fsp3) is 0.200. The maximum Gasteiger partial charge on any atom is 0.240 e. The molecular formula is C20H18FNO6S3. The summed E-state index contributed by atoms with van der Waals surface area (Å²) in [6, 6.07) is 12.2. The van der Waals surface area contributed by atoms with Crippen LogP contribution in [0.3, 0.4) is 0 Å². The number of halogens is 1. The number of benzene rings is 2. The first kappa shape index (κ1) is 21.8. The van der Waals surface area contributed by atoms with Crippen LogP contribution in [-0.2, 0) is 19.9 Å². The first-order chi connectivity index (χ1) is 14.8. The third-order valence-corrected chi connectivity index (χ3v) is 9.63. The van der Waals surface area contributed by atoms with Gasteiger partial charge >= 0.3 is 0 Å². The number of fused-ring (bicyclic) bond motifs is 1. The summed E-state index contributed by atoms with van der Waals surface area (Å²) in [7, 11) is -7.97. The van der Waals surface area contributed by atoms with Gasteiger partial charge in [-0.05, 0) is 41.3 Å². The Morgan fingerprint density at radius 3 is 2.35 bits per heavy atom. The molecule has 1 aliphatic heterocycles. The van der Waals surface area contributed by atoms with Gasteiger partial charge in [0.15, 0.2) is 21.3 Å². The van der Waals surface area contributed by atoms with E-state index in [-0.39, 0.29) is 14.7 Å². The lowest BCUT2D eigenvalue weighted by atomic mass is 10.1. The van der Waals surface area contributed by atoms with Crippen LogP contribution in [0.2, 0.25) is 0 Å². The summed E-state index contributed by atoms with van der Waals surface area (Å²) in [5.41, 5.74) is 0.277. The third-order valence-electron chi connectivity index (χ3n) is 4.67. The van der Waals surface area contributed by atoms with Gasteiger partial charge in [0.25, 0.3) is 0 Å². The molecule has 0 amide bonds. The molecule has 1 aliphatic rings. The second-order valence-electron chi connectivity index (χ2n) is 6.67. The van der Waals surface area contributed by atoms with Crippen molar-refractivity contribution in [1.29, 1.82) is 0 Å². The average Bonchev–Trinajstić information content (AvgIpc) is 3.30. The van der Waals surface area contributed by atoms with Crippen LogP contribution >= 0.6 is 11.3 Å². The number of sulfonamides is 1. The Bertz CT molecular complexity index is 1270. The van der Waals surface area contributed by atoms with Gasteiger partial charge in [-0.2, -0.15) is 0 Å². The highest BCUT2D eigenvalue weighted by atomic mass is 32.2. The maximum atomic E-state index is 13.4. The molecule has 164 valence electrons. The predicted octanol–water partition coefficient (Wildman–Crippen LogP) is 3.15. The quantitative estimate of drug-likeness (QED) is 0.554. The van der Waals surface area contributed by atoms with Crippen molar-refractivity contribution in [3.05, 3.63) is 71.4 Å². The normalized spacial score (nSPS) is 14.9. The van der Waals surface area contributed by atoms with E-state index >= 15 is 0 Å². The van der Waals surface area contributed by atoms with Crippen LogP contribution in [0.4, 0.5) is 4.39 Å². The van der Waals surface area contributed by atoms with Crippen molar-refractivity contribution in [2.75, 3.05) is 19.8 Å². The van der Waals surface area contributed by atoms with Crippen LogP contribution in [0, 0.1) is 5.82 Å². The lowest BCUT2D eigenvalue weighted by molar-refractivity contribution is 0.171. The fourth-order valence-electron chi connectivity index (χ4n) is 3.11. The molecule has 0 radical (unpaired) electrons. The second-order valence-corrected chi connectivity index (χ2v) is 11.7. The Morgan fingerprint density at radius 1 is 0.968 bits per heavy atom. The van der Waals surface area contributed by atoms with Crippen molar-refractivity contribution in [3.63, 3.8) is 0 Å². The van der Waals surface area contributed by atoms with Crippen molar-refractivity contribution >= 4 is 31.2 Å². The van der Waals surface area contributed by atoms with E-state index in [0.29, 0.717) is 24.7 Å². The summed E-state index contributed by atoms with van der Waals surface area (Å²) in [6.07, 6.45) is 0. The number of ether oxygens (including phenoxy) is 2. The van der Waals surface area contributed by atoms with Crippen LogP contribution in [0.5, 0.6) is 11.5 Å². The van der Waals surface area contributed by atoms with Crippen LogP contribution < -0.4 is 14.2 Å². The monoisotopic (exact) mass is 483 g/mol. The van der Waals surface area contributed by atoms with Crippen LogP contribution in [0.25, 0.3) is 0 Å². The van der Waals surface area contributed by atoms with Gasteiger partial charge < -0.3 is 9.47 Å². The molecule has 3 aromatic rings. The molecule has 0 spiro atoms. The van der Waals surface area contributed by atoms with Crippen molar-refractivity contribution in [1.82, 2.24) is 4.72 Å². The molecule has 1 atom stereocenters. The molecule has 31 heavy (non-hydrogen) atoms.